The van der Waals surface area contributed by atoms with Crippen LogP contribution in [0.5, 0.6) is 11.5 Å². The summed E-state index contributed by atoms with van der Waals surface area (Å²) in [5.41, 5.74) is 4.74. The van der Waals surface area contributed by atoms with E-state index in [0.29, 0.717) is 18.0 Å². The highest BCUT2D eigenvalue weighted by Gasteiger charge is 2.24. The summed E-state index contributed by atoms with van der Waals surface area (Å²) in [5, 5.41) is 4.08. The van der Waals surface area contributed by atoms with Gasteiger partial charge < -0.3 is 19.3 Å². The van der Waals surface area contributed by atoms with Crippen molar-refractivity contribution in [3.8, 4) is 11.5 Å². The van der Waals surface area contributed by atoms with E-state index in [0.717, 1.165) is 38.3 Å². The molecule has 1 amide bonds. The highest BCUT2D eigenvalue weighted by atomic mass is 16.5. The van der Waals surface area contributed by atoms with E-state index in [1.807, 2.05) is 24.3 Å². The van der Waals surface area contributed by atoms with Gasteiger partial charge in [0.15, 0.2) is 18.0 Å². The molecule has 0 radical (unpaired) electrons. The largest absolute Gasteiger partial charge is 0.493 e. The Labute approximate surface area is 171 Å². The van der Waals surface area contributed by atoms with Gasteiger partial charge in [-0.1, -0.05) is 36.4 Å². The van der Waals surface area contributed by atoms with Gasteiger partial charge >= 0.3 is 0 Å². The Kier molecular flexibility index (Phi) is 7.61. The summed E-state index contributed by atoms with van der Waals surface area (Å²) in [4.78, 5) is 15.1. The average Bonchev–Trinajstić information content (AvgIpc) is 2.75. The van der Waals surface area contributed by atoms with Crippen molar-refractivity contribution >= 4 is 12.1 Å². The van der Waals surface area contributed by atoms with Crippen molar-refractivity contribution in [2.75, 3.05) is 46.9 Å². The van der Waals surface area contributed by atoms with E-state index in [4.69, 9.17) is 9.47 Å². The van der Waals surface area contributed by atoms with Gasteiger partial charge in [-0.15, -0.1) is 0 Å². The van der Waals surface area contributed by atoms with Gasteiger partial charge in [-0.05, 0) is 12.1 Å². The predicted octanol–water partition coefficient (Wildman–Crippen LogP) is -0.862. The van der Waals surface area contributed by atoms with Gasteiger partial charge in [-0.25, -0.2) is 5.43 Å². The van der Waals surface area contributed by atoms with Crippen LogP contribution in [-0.4, -0.2) is 59.1 Å². The number of nitrogens with zero attached hydrogens (tertiary/aromatic N) is 1. The number of nitrogens with one attached hydrogen (secondary N) is 3. The summed E-state index contributed by atoms with van der Waals surface area (Å²) < 4.78 is 10.6. The number of para-hydroxylation sites is 1. The molecule has 3 rings (SSSR count). The number of hydrogen-bond acceptors (Lipinski definition) is 4. The number of quaternary nitrogens is 2. The number of carbonyl (C=O) groups is 1. The molecular formula is C22H30N4O3+2. The molecule has 3 N–H and O–H groups in total. The first-order valence-corrected chi connectivity index (χ1v) is 9.93. The fourth-order valence-corrected chi connectivity index (χ4v) is 3.65. The summed E-state index contributed by atoms with van der Waals surface area (Å²) in [6.07, 6.45) is 1.58. The molecule has 0 unspecified atom stereocenters. The van der Waals surface area contributed by atoms with Crippen LogP contribution in [0.2, 0.25) is 0 Å². The lowest BCUT2D eigenvalue weighted by molar-refractivity contribution is -1.02. The van der Waals surface area contributed by atoms with Gasteiger partial charge in [0, 0.05) is 11.1 Å². The average molecular weight is 399 g/mol. The summed E-state index contributed by atoms with van der Waals surface area (Å²) in [6, 6.07) is 16.1. The molecule has 0 bridgehead atoms. The highest BCUT2D eigenvalue weighted by molar-refractivity contribution is 5.86. The number of piperazine rings is 1. The quantitative estimate of drug-likeness (QED) is 0.400. The molecule has 154 valence electrons. The Balaban J connectivity index is 1.43. The van der Waals surface area contributed by atoms with Crippen LogP contribution in [0.15, 0.2) is 53.6 Å². The maximum atomic E-state index is 12.2. The maximum absolute atomic E-state index is 12.2. The van der Waals surface area contributed by atoms with E-state index in [-0.39, 0.29) is 5.91 Å². The molecular weight excluding hydrogens is 368 g/mol. The first-order chi connectivity index (χ1) is 14.2. The van der Waals surface area contributed by atoms with Crippen LogP contribution in [0.25, 0.3) is 0 Å². The topological polar surface area (TPSA) is 68.8 Å². The maximum Gasteiger partial charge on any atom is 0.295 e. The van der Waals surface area contributed by atoms with E-state index in [2.05, 4.69) is 34.8 Å². The molecule has 29 heavy (non-hydrogen) atoms. The van der Waals surface area contributed by atoms with Crippen molar-refractivity contribution < 1.29 is 24.1 Å². The van der Waals surface area contributed by atoms with Crippen LogP contribution in [-0.2, 0) is 11.3 Å². The molecule has 1 saturated heterocycles. The van der Waals surface area contributed by atoms with Gasteiger partial charge in [0.1, 0.15) is 32.7 Å². The van der Waals surface area contributed by atoms with Crippen LogP contribution < -0.4 is 24.7 Å². The first-order valence-electron chi connectivity index (χ1n) is 9.93. The Bertz CT molecular complexity index is 818. The molecule has 0 aromatic heterocycles. The molecule has 2 aromatic carbocycles. The van der Waals surface area contributed by atoms with E-state index in [1.54, 1.807) is 25.3 Å². The van der Waals surface area contributed by atoms with Crippen LogP contribution in [0.3, 0.4) is 0 Å². The predicted molar refractivity (Wildman–Crippen MR) is 112 cm³/mol. The summed E-state index contributed by atoms with van der Waals surface area (Å²) in [6.45, 7) is 5.60. The second kappa shape index (κ2) is 10.6. The Morgan fingerprint density at radius 1 is 1.00 bits per heavy atom. The minimum absolute atomic E-state index is 0.0791. The molecule has 1 fully saturated rings. The monoisotopic (exact) mass is 398 g/mol. The standard InChI is InChI=1S/C22H28N4O3/c1-28-20-10-6-9-19(22(20)29-2)15-23-24-21(27)17-26-13-11-25(12-14-26)16-18-7-4-3-5-8-18/h3-10,15H,11-14,16-17H2,1-2H3,(H,24,27)/p+2/b23-15-. The van der Waals surface area contributed by atoms with Gasteiger partial charge in [-0.3, -0.25) is 4.79 Å². The SMILES string of the molecule is COc1cccc(/C=N\NC(=O)C[NH+]2CC[NH+](Cc3ccccc3)CC2)c1OC. The minimum atomic E-state index is -0.0791. The fraction of sp³-hybridized carbons (Fsp3) is 0.364. The molecule has 7 nitrogen and oxygen atoms in total. The number of hydrazone groups is 1. The lowest BCUT2D eigenvalue weighted by Crippen LogP contribution is -3.28. The lowest BCUT2D eigenvalue weighted by atomic mass is 10.2. The van der Waals surface area contributed by atoms with Crippen LogP contribution in [0.4, 0.5) is 0 Å². The van der Waals surface area contributed by atoms with Crippen molar-refractivity contribution in [1.82, 2.24) is 5.43 Å². The molecule has 1 heterocycles. The molecule has 0 aliphatic carbocycles. The third-order valence-corrected chi connectivity index (χ3v) is 5.20. The Hall–Kier alpha value is -2.90. The zero-order chi connectivity index (χ0) is 20.5. The molecule has 1 aliphatic rings. The Morgan fingerprint density at radius 3 is 2.41 bits per heavy atom. The van der Waals surface area contributed by atoms with Crippen molar-refractivity contribution in [2.24, 2.45) is 5.10 Å². The van der Waals surface area contributed by atoms with E-state index in [9.17, 15) is 4.79 Å². The number of benzene rings is 2. The number of methoxy groups -OCH3 is 2. The summed E-state index contributed by atoms with van der Waals surface area (Å²) in [5.74, 6) is 1.14. The molecule has 0 saturated carbocycles. The van der Waals surface area contributed by atoms with Crippen molar-refractivity contribution in [3.63, 3.8) is 0 Å². The van der Waals surface area contributed by atoms with Crippen LogP contribution in [0, 0.1) is 0 Å². The number of ether oxygens (including phenoxy) is 2. The first kappa shape index (κ1) is 20.8. The van der Waals surface area contributed by atoms with Crippen molar-refractivity contribution in [1.29, 1.82) is 0 Å². The number of rotatable bonds is 8. The highest BCUT2D eigenvalue weighted by Crippen LogP contribution is 2.29. The third kappa shape index (κ3) is 6.04. The van der Waals surface area contributed by atoms with E-state index >= 15 is 0 Å². The van der Waals surface area contributed by atoms with E-state index < -0.39 is 0 Å². The molecule has 0 atom stereocenters. The number of hydrogen-bond donors (Lipinski definition) is 3. The fourth-order valence-electron chi connectivity index (χ4n) is 3.65. The summed E-state index contributed by atoms with van der Waals surface area (Å²) >= 11 is 0. The van der Waals surface area contributed by atoms with Crippen molar-refractivity contribution in [2.45, 2.75) is 6.54 Å². The summed E-state index contributed by atoms with van der Waals surface area (Å²) in [7, 11) is 3.17. The van der Waals surface area contributed by atoms with Gasteiger partial charge in [-0.2, -0.15) is 5.10 Å². The van der Waals surface area contributed by atoms with Gasteiger partial charge in [0.05, 0.1) is 20.4 Å². The zero-order valence-electron chi connectivity index (χ0n) is 17.1. The molecule has 1 aliphatic heterocycles. The minimum Gasteiger partial charge on any atom is -0.493 e. The molecule has 7 heteroatoms. The van der Waals surface area contributed by atoms with Gasteiger partial charge in [0.25, 0.3) is 5.91 Å². The second-order valence-corrected chi connectivity index (χ2v) is 7.22. The number of carbonyl (C=O) groups excluding carboxylic acids is 1. The zero-order valence-corrected chi connectivity index (χ0v) is 17.1. The van der Waals surface area contributed by atoms with Crippen molar-refractivity contribution in [3.05, 3.63) is 59.7 Å². The second-order valence-electron chi connectivity index (χ2n) is 7.22. The third-order valence-electron chi connectivity index (χ3n) is 5.20. The van der Waals surface area contributed by atoms with E-state index in [1.165, 1.54) is 10.5 Å². The Morgan fingerprint density at radius 2 is 1.72 bits per heavy atom. The smallest absolute Gasteiger partial charge is 0.295 e. The van der Waals surface area contributed by atoms with Crippen LogP contribution in [0.1, 0.15) is 11.1 Å². The normalized spacial score (nSPS) is 19.1. The molecule has 0 spiro atoms. The lowest BCUT2D eigenvalue weighted by Gasteiger charge is -2.29. The van der Waals surface area contributed by atoms with Gasteiger partial charge in [0.2, 0.25) is 0 Å². The molecule has 2 aromatic rings. The number of amides is 1. The van der Waals surface area contributed by atoms with Crippen LogP contribution >= 0.6 is 0 Å².